The van der Waals surface area contributed by atoms with Crippen LogP contribution in [0.1, 0.15) is 80.9 Å². The van der Waals surface area contributed by atoms with Gasteiger partial charge >= 0.3 is 5.97 Å². The Kier molecular flexibility index (Phi) is 20.0. The Morgan fingerprint density at radius 2 is 1.81 bits per heavy atom. The van der Waals surface area contributed by atoms with Gasteiger partial charge in [-0.05, 0) is 81.5 Å². The molecule has 6 heterocycles. The van der Waals surface area contributed by atoms with Crippen molar-refractivity contribution in [1.29, 1.82) is 0 Å². The first kappa shape index (κ1) is 54.1. The van der Waals surface area contributed by atoms with E-state index in [1.165, 1.54) is 16.3 Å². The van der Waals surface area contributed by atoms with Gasteiger partial charge in [0.25, 0.3) is 5.91 Å². The van der Waals surface area contributed by atoms with Gasteiger partial charge in [-0.15, -0.1) is 11.3 Å². The number of nitrogens with zero attached hydrogens (tertiary/aromatic N) is 4. The molecule has 2 fully saturated rings. The van der Waals surface area contributed by atoms with Crippen molar-refractivity contribution in [2.45, 2.75) is 90.6 Å². The van der Waals surface area contributed by atoms with Crippen molar-refractivity contribution in [3.8, 4) is 22.5 Å². The maximum absolute atomic E-state index is 14.4. The number of amides is 2. The number of carbonyl (C=O) groups excluding carboxylic acids is 3. The lowest BCUT2D eigenvalue weighted by atomic mass is 9.84. The molecule has 0 saturated carbocycles. The van der Waals surface area contributed by atoms with Gasteiger partial charge in [0.05, 0.1) is 40.7 Å². The van der Waals surface area contributed by atoms with Gasteiger partial charge in [-0.3, -0.25) is 24.4 Å². The second kappa shape index (κ2) is 23.3. The molecule has 2 aromatic carbocycles. The van der Waals surface area contributed by atoms with Crippen molar-refractivity contribution in [3.05, 3.63) is 94.1 Å². The molecule has 3 N–H and O–H groups in total. The van der Waals surface area contributed by atoms with Crippen LogP contribution in [0.25, 0.3) is 33.4 Å². The van der Waals surface area contributed by atoms with E-state index in [1.807, 2.05) is 48.7 Å². The number of aromatic nitrogens is 3. The highest BCUT2D eigenvalue weighted by Crippen LogP contribution is 2.42. The average Bonchev–Trinajstić information content (AvgIpc) is 4.00. The topological polar surface area (TPSA) is 140 Å². The lowest BCUT2D eigenvalue weighted by molar-refractivity contribution is -0.155. The lowest BCUT2D eigenvalue weighted by Gasteiger charge is -2.35. The summed E-state index contributed by atoms with van der Waals surface area (Å²) in [6.45, 7) is 10.4. The number of hydrogen-bond acceptors (Lipinski definition) is 10. The predicted octanol–water partition coefficient (Wildman–Crippen LogP) is 7.12. The van der Waals surface area contributed by atoms with Crippen LogP contribution < -0.4 is 16.1 Å². The first-order chi connectivity index (χ1) is 28.0. The van der Waals surface area contributed by atoms with Gasteiger partial charge in [0.2, 0.25) is 5.91 Å². The van der Waals surface area contributed by atoms with E-state index >= 15 is 0 Å². The largest absolute Gasteiger partial charge is 0.464 e. The number of nitrogens with one attached hydrogen (secondary N) is 3. The number of aryl methyl sites for hydroxylation is 1. The third-order valence-electron chi connectivity index (χ3n) is 11.9. The number of thiazole rings is 1. The Balaban J connectivity index is 0.00000211. The quantitative estimate of drug-likeness (QED) is 0.146. The van der Waals surface area contributed by atoms with E-state index in [-0.39, 0.29) is 110 Å². The van der Waals surface area contributed by atoms with Crippen LogP contribution in [-0.2, 0) is 43.2 Å². The fourth-order valence-corrected chi connectivity index (χ4v) is 9.69. The van der Waals surface area contributed by atoms with Crippen LogP contribution in [0.4, 0.5) is 0 Å². The molecule has 0 aliphatic carbocycles. The Morgan fingerprint density at radius 1 is 1.05 bits per heavy atom. The zero-order valence-electron chi connectivity index (χ0n) is 36.4. The molecule has 6 bridgehead atoms. The molecule has 344 valence electrons. The fourth-order valence-electron chi connectivity index (χ4n) is 8.84. The number of carbonyl (C=O) groups is 3. The van der Waals surface area contributed by atoms with Crippen molar-refractivity contribution in [2.75, 3.05) is 26.8 Å². The Labute approximate surface area is 409 Å². The maximum Gasteiger partial charge on any atom is 0.324 e. The molecule has 2 saturated heterocycles. The summed E-state index contributed by atoms with van der Waals surface area (Å²) in [5.74, 6) is -1.24. The minimum absolute atomic E-state index is 0. The second-order valence-corrected chi connectivity index (χ2v) is 17.5. The molecule has 63 heavy (non-hydrogen) atoms. The lowest BCUT2D eigenvalue weighted by Crippen LogP contribution is -2.60. The number of pyridine rings is 1. The summed E-state index contributed by atoms with van der Waals surface area (Å²) in [6, 6.07) is 18.7. The summed E-state index contributed by atoms with van der Waals surface area (Å²) in [5, 5.41) is 12.0. The summed E-state index contributed by atoms with van der Waals surface area (Å²) >= 11 is 1.48. The van der Waals surface area contributed by atoms with Crippen molar-refractivity contribution in [3.63, 3.8) is 0 Å². The number of fused-ring (bicyclic) bond motifs is 6. The molecule has 3 aliphatic heterocycles. The molecule has 0 unspecified atom stereocenters. The molecular weight excluding hydrogens is 911 g/mol. The zero-order valence-corrected chi connectivity index (χ0v) is 42.2. The molecule has 12 nitrogen and oxygen atoms in total. The Morgan fingerprint density at radius 3 is 2.54 bits per heavy atom. The minimum atomic E-state index is -0.901. The molecule has 5 atom stereocenters. The van der Waals surface area contributed by atoms with Crippen molar-refractivity contribution in [2.24, 2.45) is 11.3 Å². The number of hydrazine groups is 1. The monoisotopic (exact) mass is 973 g/mol. The highest BCUT2D eigenvalue weighted by atomic mass is 32.1. The Bertz CT molecular complexity index is 2330. The number of esters is 1. The van der Waals surface area contributed by atoms with Gasteiger partial charge < -0.3 is 24.7 Å². The number of rotatable bonds is 7. The fraction of sp³-hybridized carbons (Fsp3) is 0.444. The third kappa shape index (κ3) is 11.4. The number of ether oxygens (including phenoxy) is 2. The minimum Gasteiger partial charge on any atom is -0.464 e. The standard InChI is InChI=1S/C45H53N7O5S.5H2S/c1-6-51-37-17-16-29-22-32(37)33(41(51)30-14-10-19-46-39(30)27(2)56-5)24-45(3,4)26-57-44(55)34-15-11-21-52(50-34)43(54)35(23-38-48-36(29)25-58-38)49-42(53)31-18-20-47-40(31)28-12-8-7-9-13-28;;;;;/h7-10,12-14,16-17,19,22,25,27,31,34-35,40,47,50H,6,11,15,18,20-21,23-24,26H2,1-5H3,(H,49,53);5*1H2/t27-,31-,34-,35-,40+;;;;;/m0...../s1. The molecule has 0 radical (unpaired) electrons. The maximum atomic E-state index is 14.4. The molecule has 3 aliphatic rings. The van der Waals surface area contributed by atoms with E-state index in [0.717, 1.165) is 61.8 Å². The van der Waals surface area contributed by atoms with Crippen LogP contribution in [0.2, 0.25) is 0 Å². The van der Waals surface area contributed by atoms with Crippen LogP contribution in [0.15, 0.2) is 72.2 Å². The van der Waals surface area contributed by atoms with Gasteiger partial charge in [0, 0.05) is 71.7 Å². The molecule has 0 spiro atoms. The summed E-state index contributed by atoms with van der Waals surface area (Å²) < 4.78 is 14.2. The molecule has 2 amide bonds. The number of methoxy groups -OCH3 is 1. The van der Waals surface area contributed by atoms with Crippen LogP contribution in [-0.4, -0.2) is 76.2 Å². The summed E-state index contributed by atoms with van der Waals surface area (Å²) in [6.07, 6.45) is 4.19. The van der Waals surface area contributed by atoms with E-state index in [2.05, 4.69) is 65.7 Å². The SMILES string of the molecule is CCn1c(-c2cccnc2[C@H](C)OC)c2c3cc(ccc31)-c1csc(n1)C[C@H](NC(=O)[C@H]1CCN[C@@H]1c1ccccc1)C(=O)N1CCC[C@H](N1)C(=O)OCC(C)(C)C2.S.S.S.S.S. The van der Waals surface area contributed by atoms with Gasteiger partial charge in [-0.2, -0.15) is 67.5 Å². The van der Waals surface area contributed by atoms with Gasteiger partial charge in [0.15, 0.2) is 0 Å². The molecule has 18 heteroatoms. The first-order valence-corrected chi connectivity index (χ1v) is 21.3. The first-order valence-electron chi connectivity index (χ1n) is 20.5. The van der Waals surface area contributed by atoms with Crippen LogP contribution in [0.5, 0.6) is 0 Å². The number of cyclic esters (lactones) is 1. The summed E-state index contributed by atoms with van der Waals surface area (Å²) in [4.78, 5) is 52.2. The molecular formula is C45H63N7O5S6. The molecule has 3 aromatic heterocycles. The number of benzene rings is 2. The highest BCUT2D eigenvalue weighted by molar-refractivity contribution is 7.60. The highest BCUT2D eigenvalue weighted by Gasteiger charge is 2.39. The van der Waals surface area contributed by atoms with E-state index in [0.29, 0.717) is 38.8 Å². The molecule has 8 rings (SSSR count). The van der Waals surface area contributed by atoms with E-state index in [1.54, 1.807) is 13.3 Å². The van der Waals surface area contributed by atoms with Gasteiger partial charge in [-0.1, -0.05) is 50.2 Å². The van der Waals surface area contributed by atoms with Crippen molar-refractivity contribution < 1.29 is 23.9 Å². The average molecular weight is 974 g/mol. The predicted molar refractivity (Wildman–Crippen MR) is 277 cm³/mol. The normalized spacial score (nSPS) is 21.2. The van der Waals surface area contributed by atoms with Crippen LogP contribution in [0, 0.1) is 11.3 Å². The van der Waals surface area contributed by atoms with Crippen molar-refractivity contribution >= 4 is 108 Å². The van der Waals surface area contributed by atoms with E-state index < -0.39 is 23.5 Å². The third-order valence-corrected chi connectivity index (χ3v) is 12.7. The van der Waals surface area contributed by atoms with Crippen LogP contribution >= 0.6 is 78.8 Å². The van der Waals surface area contributed by atoms with Crippen LogP contribution in [0.3, 0.4) is 0 Å². The Hall–Kier alpha value is -3.20. The van der Waals surface area contributed by atoms with Gasteiger partial charge in [0.1, 0.15) is 12.1 Å². The second-order valence-electron chi connectivity index (χ2n) is 16.5. The number of hydrogen-bond donors (Lipinski definition) is 3. The van der Waals surface area contributed by atoms with E-state index in [4.69, 9.17) is 19.4 Å². The summed E-state index contributed by atoms with van der Waals surface area (Å²) in [7, 11) is 1.70. The summed E-state index contributed by atoms with van der Waals surface area (Å²) in [5.41, 5.74) is 10.7. The van der Waals surface area contributed by atoms with E-state index in [9.17, 15) is 14.4 Å². The smallest absolute Gasteiger partial charge is 0.324 e. The van der Waals surface area contributed by atoms with Gasteiger partial charge in [-0.25, -0.2) is 10.4 Å². The van der Waals surface area contributed by atoms with Crippen molar-refractivity contribution in [1.82, 2.24) is 35.6 Å². The zero-order chi connectivity index (χ0) is 40.6. The molecule has 5 aromatic rings.